The maximum atomic E-state index is 12.2. The molecule has 0 spiro atoms. The van der Waals surface area contributed by atoms with Crippen molar-refractivity contribution in [2.75, 3.05) is 7.11 Å². The number of ether oxygens (including phenoxy) is 1. The monoisotopic (exact) mass is 263 g/mol. The van der Waals surface area contributed by atoms with Crippen LogP contribution >= 0.6 is 0 Å². The van der Waals surface area contributed by atoms with Crippen LogP contribution in [0.3, 0.4) is 0 Å². The maximum Gasteiger partial charge on any atom is 0.311 e. The predicted molar refractivity (Wildman–Crippen MR) is 73.0 cm³/mol. The molecule has 0 aliphatic heterocycles. The molecule has 0 aliphatic rings. The summed E-state index contributed by atoms with van der Waals surface area (Å²) in [6.07, 6.45) is 3.20. The SMILES string of the molecule is CCc1ncccc1C(=O)CCC(C)(C)C(=O)OC. The topological polar surface area (TPSA) is 56.3 Å². The number of ketones is 1. The molecule has 0 atom stereocenters. The van der Waals surface area contributed by atoms with Crippen molar-refractivity contribution in [3.8, 4) is 0 Å². The van der Waals surface area contributed by atoms with Crippen molar-refractivity contribution in [3.05, 3.63) is 29.6 Å². The molecule has 1 rings (SSSR count). The predicted octanol–water partition coefficient (Wildman–Crippen LogP) is 2.81. The summed E-state index contributed by atoms with van der Waals surface area (Å²) in [7, 11) is 1.36. The van der Waals surface area contributed by atoms with Gasteiger partial charge in [0.05, 0.1) is 18.2 Å². The third-order valence-corrected chi connectivity index (χ3v) is 3.24. The van der Waals surface area contributed by atoms with Gasteiger partial charge in [0.25, 0.3) is 0 Å². The van der Waals surface area contributed by atoms with E-state index in [4.69, 9.17) is 4.74 Å². The number of rotatable bonds is 6. The molecule has 0 saturated heterocycles. The summed E-state index contributed by atoms with van der Waals surface area (Å²) < 4.78 is 4.74. The van der Waals surface area contributed by atoms with E-state index in [-0.39, 0.29) is 11.8 Å². The number of nitrogens with zero attached hydrogens (tertiary/aromatic N) is 1. The normalized spacial score (nSPS) is 11.2. The van der Waals surface area contributed by atoms with Gasteiger partial charge in [-0.15, -0.1) is 0 Å². The Morgan fingerprint density at radius 1 is 1.37 bits per heavy atom. The molecule has 0 N–H and O–H groups in total. The Labute approximate surface area is 114 Å². The molecule has 0 aliphatic carbocycles. The lowest BCUT2D eigenvalue weighted by molar-refractivity contribution is -0.151. The fraction of sp³-hybridized carbons (Fsp3) is 0.533. The number of pyridine rings is 1. The lowest BCUT2D eigenvalue weighted by Gasteiger charge is -2.20. The van der Waals surface area contributed by atoms with E-state index in [0.717, 1.165) is 12.1 Å². The molecule has 0 unspecified atom stereocenters. The molecule has 0 radical (unpaired) electrons. The first-order valence-corrected chi connectivity index (χ1v) is 6.48. The average Bonchev–Trinajstić information content (AvgIpc) is 2.43. The quantitative estimate of drug-likeness (QED) is 0.585. The van der Waals surface area contributed by atoms with Gasteiger partial charge in [-0.05, 0) is 38.8 Å². The Kier molecular flexibility index (Phi) is 5.21. The third-order valence-electron chi connectivity index (χ3n) is 3.24. The minimum absolute atomic E-state index is 0.0296. The zero-order valence-electron chi connectivity index (χ0n) is 12.0. The fourth-order valence-electron chi connectivity index (χ4n) is 1.91. The van der Waals surface area contributed by atoms with Crippen molar-refractivity contribution >= 4 is 11.8 Å². The molecule has 0 aromatic carbocycles. The second kappa shape index (κ2) is 6.45. The van der Waals surface area contributed by atoms with E-state index >= 15 is 0 Å². The number of hydrogen-bond acceptors (Lipinski definition) is 4. The number of carbonyl (C=O) groups excluding carboxylic acids is 2. The van der Waals surface area contributed by atoms with E-state index in [1.54, 1.807) is 32.2 Å². The summed E-state index contributed by atoms with van der Waals surface area (Å²) in [5, 5.41) is 0. The number of hydrogen-bond donors (Lipinski definition) is 0. The lowest BCUT2D eigenvalue weighted by atomic mass is 9.86. The fourth-order valence-corrected chi connectivity index (χ4v) is 1.91. The summed E-state index contributed by atoms with van der Waals surface area (Å²) in [5.41, 5.74) is 0.827. The summed E-state index contributed by atoms with van der Waals surface area (Å²) >= 11 is 0. The molecule has 0 amide bonds. The molecule has 0 bridgehead atoms. The van der Waals surface area contributed by atoms with Crippen LogP contribution in [0.5, 0.6) is 0 Å². The highest BCUT2D eigenvalue weighted by Gasteiger charge is 2.29. The van der Waals surface area contributed by atoms with Crippen LogP contribution in [0.2, 0.25) is 0 Å². The second-order valence-electron chi connectivity index (χ2n) is 5.15. The van der Waals surface area contributed by atoms with Gasteiger partial charge in [0.2, 0.25) is 0 Å². The highest BCUT2D eigenvalue weighted by molar-refractivity contribution is 5.97. The molecule has 4 heteroatoms. The number of Topliss-reactive ketones (excluding diaryl/α,β-unsaturated/α-hetero) is 1. The first-order chi connectivity index (χ1) is 8.92. The van der Waals surface area contributed by atoms with E-state index in [0.29, 0.717) is 18.4 Å². The van der Waals surface area contributed by atoms with Gasteiger partial charge >= 0.3 is 5.97 Å². The number of aromatic nitrogens is 1. The van der Waals surface area contributed by atoms with E-state index in [1.807, 2.05) is 6.92 Å². The van der Waals surface area contributed by atoms with Gasteiger partial charge in [0, 0.05) is 18.2 Å². The van der Waals surface area contributed by atoms with Crippen molar-refractivity contribution < 1.29 is 14.3 Å². The van der Waals surface area contributed by atoms with Crippen molar-refractivity contribution in [1.29, 1.82) is 0 Å². The highest BCUT2D eigenvalue weighted by Crippen LogP contribution is 2.25. The minimum Gasteiger partial charge on any atom is -0.469 e. The van der Waals surface area contributed by atoms with Gasteiger partial charge in [-0.1, -0.05) is 6.92 Å². The first kappa shape index (κ1) is 15.3. The molecule has 1 aromatic heterocycles. The van der Waals surface area contributed by atoms with Crippen molar-refractivity contribution in [2.24, 2.45) is 5.41 Å². The Hall–Kier alpha value is -1.71. The summed E-state index contributed by atoms with van der Waals surface area (Å²) in [6.45, 7) is 5.55. The van der Waals surface area contributed by atoms with Gasteiger partial charge < -0.3 is 4.74 Å². The first-order valence-electron chi connectivity index (χ1n) is 6.48. The van der Waals surface area contributed by atoms with Crippen LogP contribution in [-0.4, -0.2) is 23.8 Å². The molecule has 0 fully saturated rings. The second-order valence-corrected chi connectivity index (χ2v) is 5.15. The molecular weight excluding hydrogens is 242 g/mol. The summed E-state index contributed by atoms with van der Waals surface area (Å²) in [5.74, 6) is -0.260. The molecule has 104 valence electrons. The summed E-state index contributed by atoms with van der Waals surface area (Å²) in [4.78, 5) is 28.0. The van der Waals surface area contributed by atoms with Gasteiger partial charge in [0.1, 0.15) is 0 Å². The van der Waals surface area contributed by atoms with Gasteiger partial charge in [-0.2, -0.15) is 0 Å². The minimum atomic E-state index is -0.640. The van der Waals surface area contributed by atoms with E-state index in [1.165, 1.54) is 7.11 Å². The van der Waals surface area contributed by atoms with Crippen LogP contribution in [0.4, 0.5) is 0 Å². The largest absolute Gasteiger partial charge is 0.469 e. The van der Waals surface area contributed by atoms with E-state index in [2.05, 4.69) is 4.98 Å². The van der Waals surface area contributed by atoms with E-state index < -0.39 is 5.41 Å². The number of esters is 1. The van der Waals surface area contributed by atoms with Crippen molar-refractivity contribution in [3.63, 3.8) is 0 Å². The molecule has 0 saturated carbocycles. The van der Waals surface area contributed by atoms with Crippen LogP contribution in [0.25, 0.3) is 0 Å². The highest BCUT2D eigenvalue weighted by atomic mass is 16.5. The lowest BCUT2D eigenvalue weighted by Crippen LogP contribution is -2.26. The number of aryl methyl sites for hydroxylation is 1. The van der Waals surface area contributed by atoms with Crippen LogP contribution in [-0.2, 0) is 16.0 Å². The van der Waals surface area contributed by atoms with Gasteiger partial charge in [-0.3, -0.25) is 14.6 Å². The third kappa shape index (κ3) is 3.88. The summed E-state index contributed by atoms with van der Waals surface area (Å²) in [6, 6.07) is 3.55. The Morgan fingerprint density at radius 2 is 2.05 bits per heavy atom. The van der Waals surface area contributed by atoms with Crippen molar-refractivity contribution in [1.82, 2.24) is 4.98 Å². The van der Waals surface area contributed by atoms with Crippen LogP contribution < -0.4 is 0 Å². The zero-order chi connectivity index (χ0) is 14.5. The molecule has 19 heavy (non-hydrogen) atoms. The Balaban J connectivity index is 2.73. The number of carbonyl (C=O) groups is 2. The van der Waals surface area contributed by atoms with Gasteiger partial charge in [0.15, 0.2) is 5.78 Å². The van der Waals surface area contributed by atoms with Crippen LogP contribution in [0.15, 0.2) is 18.3 Å². The smallest absolute Gasteiger partial charge is 0.311 e. The Morgan fingerprint density at radius 3 is 2.63 bits per heavy atom. The average molecular weight is 263 g/mol. The van der Waals surface area contributed by atoms with Gasteiger partial charge in [-0.25, -0.2) is 0 Å². The maximum absolute atomic E-state index is 12.2. The number of methoxy groups -OCH3 is 1. The molecule has 1 aromatic rings. The molecule has 1 heterocycles. The zero-order valence-corrected chi connectivity index (χ0v) is 12.0. The van der Waals surface area contributed by atoms with Crippen LogP contribution in [0, 0.1) is 5.41 Å². The van der Waals surface area contributed by atoms with E-state index in [9.17, 15) is 9.59 Å². The molecular formula is C15H21NO3. The van der Waals surface area contributed by atoms with Crippen molar-refractivity contribution in [2.45, 2.75) is 40.0 Å². The van der Waals surface area contributed by atoms with Crippen LogP contribution in [0.1, 0.15) is 49.7 Å². The molecule has 4 nitrogen and oxygen atoms in total. The standard InChI is InChI=1S/C15H21NO3/c1-5-12-11(7-6-10-16-12)13(17)8-9-15(2,3)14(18)19-4/h6-7,10H,5,8-9H2,1-4H3. The Bertz CT molecular complexity index is 466.